The highest BCUT2D eigenvalue weighted by molar-refractivity contribution is 5.91. The van der Waals surface area contributed by atoms with Crippen molar-refractivity contribution >= 4 is 23.4 Å². The van der Waals surface area contributed by atoms with E-state index in [4.69, 9.17) is 5.11 Å². The third kappa shape index (κ3) is 4.37. The van der Waals surface area contributed by atoms with Gasteiger partial charge in [-0.3, -0.25) is 4.79 Å². The minimum atomic E-state index is -0.732. The van der Waals surface area contributed by atoms with E-state index in [2.05, 4.69) is 10.6 Å². The fourth-order valence-corrected chi connectivity index (χ4v) is 3.07. The van der Waals surface area contributed by atoms with Crippen LogP contribution in [0.2, 0.25) is 0 Å². The molecule has 1 aliphatic carbocycles. The number of carboxylic acid groups (broad SMARTS) is 1. The Balaban J connectivity index is 1.91. The molecule has 0 aromatic heterocycles. The van der Waals surface area contributed by atoms with E-state index >= 15 is 0 Å². The Hall–Kier alpha value is -2.24. The van der Waals surface area contributed by atoms with Gasteiger partial charge in [-0.2, -0.15) is 0 Å². The van der Waals surface area contributed by atoms with Crippen molar-refractivity contribution in [3.8, 4) is 0 Å². The first-order valence-electron chi connectivity index (χ1n) is 7.95. The fourth-order valence-electron chi connectivity index (χ4n) is 3.07. The molecule has 6 nitrogen and oxygen atoms in total. The summed E-state index contributed by atoms with van der Waals surface area (Å²) in [6, 6.07) is 5.61. The number of aliphatic carboxylic acids is 1. The van der Waals surface area contributed by atoms with Crippen LogP contribution < -0.4 is 15.5 Å². The van der Waals surface area contributed by atoms with Crippen molar-refractivity contribution in [2.75, 3.05) is 24.3 Å². The van der Waals surface area contributed by atoms with Gasteiger partial charge in [0.05, 0.1) is 5.92 Å². The number of carbonyl (C=O) groups is 2. The topological polar surface area (TPSA) is 81.7 Å². The van der Waals surface area contributed by atoms with Gasteiger partial charge in [0.15, 0.2) is 0 Å². The van der Waals surface area contributed by atoms with Gasteiger partial charge in [-0.1, -0.05) is 6.07 Å². The van der Waals surface area contributed by atoms with E-state index < -0.39 is 5.97 Å². The van der Waals surface area contributed by atoms with Crippen LogP contribution >= 0.6 is 0 Å². The minimum absolute atomic E-state index is 0.0444. The van der Waals surface area contributed by atoms with Gasteiger partial charge in [0.2, 0.25) is 0 Å². The highest BCUT2D eigenvalue weighted by atomic mass is 16.4. The number of hydrogen-bond acceptors (Lipinski definition) is 3. The second kappa shape index (κ2) is 7.35. The lowest BCUT2D eigenvalue weighted by molar-refractivity contribution is -0.142. The molecule has 0 atom stereocenters. The van der Waals surface area contributed by atoms with Gasteiger partial charge in [-0.05, 0) is 50.3 Å². The molecule has 1 aromatic rings. The zero-order valence-corrected chi connectivity index (χ0v) is 13.9. The summed E-state index contributed by atoms with van der Waals surface area (Å²) in [4.78, 5) is 25.1. The Morgan fingerprint density at radius 3 is 2.39 bits per heavy atom. The average molecular weight is 319 g/mol. The summed E-state index contributed by atoms with van der Waals surface area (Å²) in [6.07, 6.45) is 2.66. The zero-order chi connectivity index (χ0) is 17.0. The third-order valence-corrected chi connectivity index (χ3v) is 4.45. The summed E-state index contributed by atoms with van der Waals surface area (Å²) in [7, 11) is 3.93. The molecule has 0 bridgehead atoms. The van der Waals surface area contributed by atoms with Crippen LogP contribution in [-0.4, -0.2) is 37.2 Å². The molecule has 3 N–H and O–H groups in total. The summed E-state index contributed by atoms with van der Waals surface area (Å²) in [6.45, 7) is 1.98. The second-order valence-electron chi connectivity index (χ2n) is 6.33. The number of nitrogens with one attached hydrogen (secondary N) is 2. The lowest BCUT2D eigenvalue weighted by atomic mass is 9.86. The van der Waals surface area contributed by atoms with Crippen molar-refractivity contribution in [3.63, 3.8) is 0 Å². The normalized spacial score (nSPS) is 20.7. The summed E-state index contributed by atoms with van der Waals surface area (Å²) in [5, 5.41) is 14.8. The highest BCUT2D eigenvalue weighted by Gasteiger charge is 2.26. The van der Waals surface area contributed by atoms with Crippen molar-refractivity contribution in [2.45, 2.75) is 38.6 Å². The van der Waals surface area contributed by atoms with Gasteiger partial charge < -0.3 is 20.6 Å². The number of nitrogens with zero attached hydrogens (tertiary/aromatic N) is 1. The number of anilines is 2. The first-order valence-corrected chi connectivity index (χ1v) is 7.95. The number of urea groups is 1. The molecule has 0 saturated heterocycles. The van der Waals surface area contributed by atoms with E-state index in [0.717, 1.165) is 16.9 Å². The molecule has 2 amide bonds. The molecule has 2 rings (SSSR count). The molecule has 0 aliphatic heterocycles. The van der Waals surface area contributed by atoms with Gasteiger partial charge in [-0.25, -0.2) is 4.79 Å². The predicted octanol–water partition coefficient (Wildman–Crippen LogP) is 2.83. The maximum Gasteiger partial charge on any atom is 0.319 e. The molecule has 1 aromatic carbocycles. The number of carboxylic acids is 1. The summed E-state index contributed by atoms with van der Waals surface area (Å²) in [5.74, 6) is -1.00. The number of carbonyl (C=O) groups excluding carboxylic acids is 1. The van der Waals surface area contributed by atoms with E-state index in [1.165, 1.54) is 0 Å². The Morgan fingerprint density at radius 2 is 1.83 bits per heavy atom. The van der Waals surface area contributed by atoms with Crippen LogP contribution in [0, 0.1) is 12.8 Å². The number of hydrogen-bond donors (Lipinski definition) is 3. The second-order valence-corrected chi connectivity index (χ2v) is 6.33. The van der Waals surface area contributed by atoms with Gasteiger partial charge >= 0.3 is 12.0 Å². The van der Waals surface area contributed by atoms with Crippen LogP contribution in [0.3, 0.4) is 0 Å². The van der Waals surface area contributed by atoms with E-state index in [1.807, 2.05) is 44.1 Å². The van der Waals surface area contributed by atoms with Crippen LogP contribution in [0.25, 0.3) is 0 Å². The molecule has 126 valence electrons. The van der Waals surface area contributed by atoms with Crippen molar-refractivity contribution < 1.29 is 14.7 Å². The van der Waals surface area contributed by atoms with Crippen LogP contribution in [0.1, 0.15) is 31.2 Å². The monoisotopic (exact) mass is 319 g/mol. The molecule has 0 spiro atoms. The molecule has 1 aliphatic rings. The smallest absolute Gasteiger partial charge is 0.319 e. The molecule has 23 heavy (non-hydrogen) atoms. The largest absolute Gasteiger partial charge is 0.481 e. The quantitative estimate of drug-likeness (QED) is 0.797. The van der Waals surface area contributed by atoms with Crippen molar-refractivity contribution in [3.05, 3.63) is 23.8 Å². The van der Waals surface area contributed by atoms with Gasteiger partial charge in [0.1, 0.15) is 0 Å². The molecule has 1 fully saturated rings. The van der Waals surface area contributed by atoms with Crippen molar-refractivity contribution in [1.29, 1.82) is 0 Å². The lowest BCUT2D eigenvalue weighted by Gasteiger charge is -2.27. The molecular weight excluding hydrogens is 294 g/mol. The molecular formula is C17H25N3O3. The summed E-state index contributed by atoms with van der Waals surface area (Å²) < 4.78 is 0. The van der Waals surface area contributed by atoms with E-state index in [0.29, 0.717) is 25.7 Å². The van der Waals surface area contributed by atoms with Gasteiger partial charge in [-0.15, -0.1) is 0 Å². The molecule has 0 radical (unpaired) electrons. The number of rotatable bonds is 4. The van der Waals surface area contributed by atoms with E-state index in [9.17, 15) is 9.59 Å². The maximum atomic E-state index is 12.2. The summed E-state index contributed by atoms with van der Waals surface area (Å²) >= 11 is 0. The maximum absolute atomic E-state index is 12.2. The summed E-state index contributed by atoms with van der Waals surface area (Å²) in [5.41, 5.74) is 2.86. The Bertz CT molecular complexity index is 578. The van der Waals surface area contributed by atoms with Gasteiger partial charge in [0.25, 0.3) is 0 Å². The van der Waals surface area contributed by atoms with Crippen LogP contribution in [0.5, 0.6) is 0 Å². The number of benzene rings is 1. The first kappa shape index (κ1) is 17.1. The molecule has 0 unspecified atom stereocenters. The Labute approximate surface area is 136 Å². The third-order valence-electron chi connectivity index (χ3n) is 4.45. The van der Waals surface area contributed by atoms with Gasteiger partial charge in [0, 0.05) is 31.5 Å². The Morgan fingerprint density at radius 1 is 1.17 bits per heavy atom. The average Bonchev–Trinajstić information content (AvgIpc) is 2.49. The van der Waals surface area contributed by atoms with Crippen molar-refractivity contribution in [2.24, 2.45) is 5.92 Å². The SMILES string of the molecule is Cc1c(NC(=O)NC2CCC(C(=O)O)CC2)cccc1N(C)C. The molecule has 6 heteroatoms. The van der Waals surface area contributed by atoms with E-state index in [-0.39, 0.29) is 18.0 Å². The van der Waals surface area contributed by atoms with Crippen LogP contribution in [0.4, 0.5) is 16.2 Å². The minimum Gasteiger partial charge on any atom is -0.481 e. The van der Waals surface area contributed by atoms with Crippen molar-refractivity contribution in [1.82, 2.24) is 5.32 Å². The first-order chi connectivity index (χ1) is 10.9. The van der Waals surface area contributed by atoms with Crippen LogP contribution in [-0.2, 0) is 4.79 Å². The number of amides is 2. The van der Waals surface area contributed by atoms with E-state index in [1.54, 1.807) is 0 Å². The standard InChI is InChI=1S/C17H25N3O3/c1-11-14(5-4-6-15(11)20(2)3)19-17(23)18-13-9-7-12(8-10-13)16(21)22/h4-6,12-13H,7-10H2,1-3H3,(H,21,22)(H2,18,19,23). The zero-order valence-electron chi connectivity index (χ0n) is 13.9. The predicted molar refractivity (Wildman–Crippen MR) is 91.0 cm³/mol. The lowest BCUT2D eigenvalue weighted by Crippen LogP contribution is -2.41. The Kier molecular flexibility index (Phi) is 5.47. The molecule has 1 saturated carbocycles. The fraction of sp³-hybridized carbons (Fsp3) is 0.529. The van der Waals surface area contributed by atoms with Crippen LogP contribution in [0.15, 0.2) is 18.2 Å². The highest BCUT2D eigenvalue weighted by Crippen LogP contribution is 2.26. The molecule has 0 heterocycles.